The van der Waals surface area contributed by atoms with Gasteiger partial charge < -0.3 is 18.6 Å². The Morgan fingerprint density at radius 3 is 2.17 bits per heavy atom. The summed E-state index contributed by atoms with van der Waals surface area (Å²) in [5, 5.41) is 0. The maximum Gasteiger partial charge on any atom is 0.308 e. The fraction of sp³-hybridized carbons (Fsp3) is 0.409. The van der Waals surface area contributed by atoms with Crippen molar-refractivity contribution in [2.75, 3.05) is 20.0 Å². The highest BCUT2D eigenvalue weighted by Crippen LogP contribution is 2.27. The summed E-state index contributed by atoms with van der Waals surface area (Å²) in [6.07, 6.45) is 0.778. The van der Waals surface area contributed by atoms with Crippen LogP contribution in [0.25, 0.3) is 0 Å². The molecule has 8 heteroatoms. The van der Waals surface area contributed by atoms with Gasteiger partial charge in [-0.25, -0.2) is 0 Å². The van der Waals surface area contributed by atoms with Gasteiger partial charge in [0, 0.05) is 18.7 Å². The van der Waals surface area contributed by atoms with Gasteiger partial charge >= 0.3 is 10.1 Å². The van der Waals surface area contributed by atoms with Crippen molar-refractivity contribution in [3.8, 4) is 17.2 Å². The van der Waals surface area contributed by atoms with Crippen LogP contribution in [-0.4, -0.2) is 45.2 Å². The minimum absolute atomic E-state index is 0.0132. The molecule has 0 saturated heterocycles. The van der Waals surface area contributed by atoms with E-state index >= 15 is 0 Å². The van der Waals surface area contributed by atoms with Gasteiger partial charge in [-0.15, -0.1) is 0 Å². The number of carbonyl (C=O) groups is 1. The van der Waals surface area contributed by atoms with Crippen molar-refractivity contribution in [3.05, 3.63) is 53.6 Å². The Morgan fingerprint density at radius 1 is 1.00 bits per heavy atom. The van der Waals surface area contributed by atoms with E-state index in [1.807, 2.05) is 13.8 Å². The van der Waals surface area contributed by atoms with Crippen LogP contribution < -0.4 is 13.7 Å². The second kappa shape index (κ2) is 10.3. The first-order valence-electron chi connectivity index (χ1n) is 9.78. The Bertz CT molecular complexity index is 956. The molecule has 30 heavy (non-hydrogen) atoms. The summed E-state index contributed by atoms with van der Waals surface area (Å²) < 4.78 is 38.8. The Morgan fingerprint density at radius 2 is 1.63 bits per heavy atom. The van der Waals surface area contributed by atoms with Crippen LogP contribution in [0.5, 0.6) is 17.2 Å². The average Bonchev–Trinajstić information content (AvgIpc) is 2.76. The highest BCUT2D eigenvalue weighted by Gasteiger charge is 2.24. The number of ether oxygens (including phenoxy) is 2. The lowest BCUT2D eigenvalue weighted by atomic mass is 10.1. The molecule has 0 aliphatic carbocycles. The number of rotatable bonds is 10. The maximum atomic E-state index is 13.3. The molecular weight excluding hydrogens is 406 g/mol. The van der Waals surface area contributed by atoms with Crippen LogP contribution in [0.2, 0.25) is 0 Å². The van der Waals surface area contributed by atoms with E-state index in [4.69, 9.17) is 13.7 Å². The summed E-state index contributed by atoms with van der Waals surface area (Å²) in [7, 11) is -0.505. The van der Waals surface area contributed by atoms with Crippen molar-refractivity contribution in [2.45, 2.75) is 39.8 Å². The first-order valence-corrected chi connectivity index (χ1v) is 11.4. The fourth-order valence-electron chi connectivity index (χ4n) is 2.83. The summed E-state index contributed by atoms with van der Waals surface area (Å²) in [5.74, 6) is 1.04. The molecule has 0 bridgehead atoms. The lowest BCUT2D eigenvalue weighted by Gasteiger charge is -2.29. The zero-order valence-electron chi connectivity index (χ0n) is 18.0. The second-order valence-electron chi connectivity index (χ2n) is 6.83. The number of amides is 1. The van der Waals surface area contributed by atoms with Crippen LogP contribution in [0.1, 0.15) is 43.1 Å². The van der Waals surface area contributed by atoms with Gasteiger partial charge in [0.15, 0.2) is 0 Å². The Kier molecular flexibility index (Phi) is 8.11. The minimum atomic E-state index is -3.58. The largest absolute Gasteiger partial charge is 0.497 e. The van der Waals surface area contributed by atoms with Crippen LogP contribution in [0.4, 0.5) is 0 Å². The predicted octanol–water partition coefficient (Wildman–Crippen LogP) is 3.87. The molecule has 0 radical (unpaired) electrons. The molecular formula is C22H29NO6S. The van der Waals surface area contributed by atoms with Crippen molar-refractivity contribution in [1.82, 2.24) is 4.90 Å². The molecule has 0 N–H and O–H groups in total. The first kappa shape index (κ1) is 23.5. The normalized spacial score (nSPS) is 12.2. The molecule has 0 aliphatic heterocycles. The number of hydrogen-bond donors (Lipinski definition) is 0. The van der Waals surface area contributed by atoms with Crippen LogP contribution in [0, 0.1) is 0 Å². The summed E-state index contributed by atoms with van der Waals surface area (Å²) in [4.78, 5) is 15.1. The average molecular weight is 436 g/mol. The number of hydrogen-bond acceptors (Lipinski definition) is 6. The van der Waals surface area contributed by atoms with E-state index in [-0.39, 0.29) is 23.5 Å². The predicted molar refractivity (Wildman–Crippen MR) is 116 cm³/mol. The quantitative estimate of drug-likeness (QED) is 0.527. The van der Waals surface area contributed by atoms with E-state index in [1.54, 1.807) is 54.5 Å². The highest BCUT2D eigenvalue weighted by atomic mass is 32.2. The zero-order valence-corrected chi connectivity index (χ0v) is 18.9. The number of carbonyl (C=O) groups excluding carboxylic acids is 1. The van der Waals surface area contributed by atoms with E-state index in [0.29, 0.717) is 23.6 Å². The van der Waals surface area contributed by atoms with Gasteiger partial charge in [0.05, 0.1) is 25.5 Å². The zero-order chi connectivity index (χ0) is 22.3. The minimum Gasteiger partial charge on any atom is -0.497 e. The number of benzene rings is 2. The molecule has 0 saturated carbocycles. The topological polar surface area (TPSA) is 82.1 Å². The van der Waals surface area contributed by atoms with Gasteiger partial charge in [-0.3, -0.25) is 4.79 Å². The molecule has 0 heterocycles. The Balaban J connectivity index is 2.27. The van der Waals surface area contributed by atoms with Crippen molar-refractivity contribution in [2.24, 2.45) is 0 Å². The maximum absolute atomic E-state index is 13.3. The Labute approximate surface area is 178 Å². The third-order valence-electron chi connectivity index (χ3n) is 4.88. The third-order valence-corrected chi connectivity index (χ3v) is 6.03. The molecule has 0 unspecified atom stereocenters. The van der Waals surface area contributed by atoms with Gasteiger partial charge in [-0.2, -0.15) is 8.42 Å². The van der Waals surface area contributed by atoms with E-state index in [9.17, 15) is 13.2 Å². The summed E-state index contributed by atoms with van der Waals surface area (Å²) in [5.41, 5.74) is 1.31. The van der Waals surface area contributed by atoms with Crippen molar-refractivity contribution in [1.29, 1.82) is 0 Å². The van der Waals surface area contributed by atoms with E-state index in [1.165, 1.54) is 14.0 Å². The molecule has 2 aromatic rings. The second-order valence-corrected chi connectivity index (χ2v) is 8.69. The lowest BCUT2D eigenvalue weighted by molar-refractivity contribution is 0.0668. The fourth-order valence-corrected chi connectivity index (χ4v) is 3.35. The van der Waals surface area contributed by atoms with Crippen molar-refractivity contribution < 1.29 is 26.9 Å². The van der Waals surface area contributed by atoms with Crippen LogP contribution in [0.3, 0.4) is 0 Å². The van der Waals surface area contributed by atoms with Crippen molar-refractivity contribution >= 4 is 16.0 Å². The lowest BCUT2D eigenvalue weighted by Crippen LogP contribution is -2.38. The van der Waals surface area contributed by atoms with E-state index in [2.05, 4.69) is 0 Å². The van der Waals surface area contributed by atoms with Crippen LogP contribution in [0.15, 0.2) is 42.5 Å². The van der Waals surface area contributed by atoms with Crippen molar-refractivity contribution in [3.63, 3.8) is 0 Å². The third kappa shape index (κ3) is 5.89. The molecule has 0 aromatic heterocycles. The molecule has 0 aliphatic rings. The van der Waals surface area contributed by atoms with E-state index in [0.717, 1.165) is 12.0 Å². The molecule has 0 spiro atoms. The molecule has 1 atom stereocenters. The van der Waals surface area contributed by atoms with Gasteiger partial charge in [0.1, 0.15) is 17.2 Å². The number of methoxy groups -OCH3 is 2. The van der Waals surface area contributed by atoms with Crippen LogP contribution >= 0.6 is 0 Å². The summed E-state index contributed by atoms with van der Waals surface area (Å²) >= 11 is 0. The molecule has 2 aromatic carbocycles. The van der Waals surface area contributed by atoms with Gasteiger partial charge in [-0.1, -0.05) is 19.1 Å². The van der Waals surface area contributed by atoms with E-state index < -0.39 is 10.1 Å². The van der Waals surface area contributed by atoms with Gasteiger partial charge in [-0.05, 0) is 50.1 Å². The highest BCUT2D eigenvalue weighted by molar-refractivity contribution is 7.87. The van der Waals surface area contributed by atoms with Gasteiger partial charge in [0.25, 0.3) is 5.91 Å². The summed E-state index contributed by atoms with van der Waals surface area (Å²) in [6.45, 7) is 5.89. The molecule has 1 amide bonds. The van der Waals surface area contributed by atoms with Crippen LogP contribution in [-0.2, 0) is 16.7 Å². The van der Waals surface area contributed by atoms with Gasteiger partial charge in [0.2, 0.25) is 0 Å². The molecule has 7 nitrogen and oxygen atoms in total. The first-order chi connectivity index (χ1) is 14.2. The number of nitrogens with zero attached hydrogens (tertiary/aromatic N) is 1. The smallest absolute Gasteiger partial charge is 0.308 e. The monoisotopic (exact) mass is 435 g/mol. The summed E-state index contributed by atoms with van der Waals surface area (Å²) in [6, 6.07) is 11.8. The molecule has 2 rings (SSSR count). The molecule has 0 fully saturated rings. The molecule has 164 valence electrons. The Hall–Kier alpha value is -2.74. The SMILES string of the molecule is CC[C@@H](C)N(Cc1ccc(OS(=O)(=O)CC)cc1)C(=O)c1ccc(OC)cc1OC. The standard InChI is InChI=1S/C22H29NO6S/c1-6-16(3)23(22(24)20-13-12-19(27-4)14-21(20)28-5)15-17-8-10-18(11-9-17)29-30(25,26)7-2/h8-14,16H,6-7,15H2,1-5H3/t16-/m1/s1.